The number of nitrogens with one attached hydrogen (secondary N) is 1. The summed E-state index contributed by atoms with van der Waals surface area (Å²) in [5, 5.41) is 4.63. The first-order valence-corrected chi connectivity index (χ1v) is 10.7. The summed E-state index contributed by atoms with van der Waals surface area (Å²) in [5.74, 6) is 0.00734. The van der Waals surface area contributed by atoms with Crippen molar-refractivity contribution in [3.8, 4) is 0 Å². The lowest BCUT2D eigenvalue weighted by Crippen LogP contribution is -2.24. The van der Waals surface area contributed by atoms with Gasteiger partial charge in [0.05, 0.1) is 11.3 Å². The Kier molecular flexibility index (Phi) is 5.83. The minimum absolute atomic E-state index is 0.0437. The monoisotopic (exact) mass is 414 g/mol. The number of carbonyl (C=O) groups excluding carboxylic acids is 1. The van der Waals surface area contributed by atoms with Crippen LogP contribution in [0.1, 0.15) is 29.7 Å². The molecule has 0 spiro atoms. The van der Waals surface area contributed by atoms with Gasteiger partial charge in [0, 0.05) is 27.5 Å². The van der Waals surface area contributed by atoms with E-state index in [1.54, 1.807) is 23.9 Å². The number of aromatic nitrogens is 1. The van der Waals surface area contributed by atoms with Crippen LogP contribution in [0.15, 0.2) is 47.4 Å². The maximum Gasteiger partial charge on any atom is 0.230 e. The molecule has 3 aromatic rings. The molecule has 1 aliphatic carbocycles. The number of aryl methyl sites for hydroxylation is 1. The molecular formula is C22H20ClFN2OS. The van der Waals surface area contributed by atoms with Crippen molar-refractivity contribution in [3.05, 3.63) is 70.1 Å². The van der Waals surface area contributed by atoms with Gasteiger partial charge in [-0.05, 0) is 61.1 Å². The third-order valence-electron chi connectivity index (χ3n) is 4.92. The number of hydrogen-bond acceptors (Lipinski definition) is 3. The summed E-state index contributed by atoms with van der Waals surface area (Å²) in [6.07, 6.45) is 4.27. The Balaban J connectivity index is 1.50. The van der Waals surface area contributed by atoms with Gasteiger partial charge >= 0.3 is 0 Å². The fourth-order valence-electron chi connectivity index (χ4n) is 3.51. The number of rotatable bonds is 5. The first kappa shape index (κ1) is 19.2. The molecule has 1 aliphatic rings. The zero-order chi connectivity index (χ0) is 19.5. The van der Waals surface area contributed by atoms with Crippen molar-refractivity contribution in [1.82, 2.24) is 10.3 Å². The smallest absolute Gasteiger partial charge is 0.230 e. The number of halogens is 2. The lowest BCUT2D eigenvalue weighted by Gasteiger charge is -2.20. The highest BCUT2D eigenvalue weighted by Gasteiger charge is 2.19. The Morgan fingerprint density at radius 1 is 1.14 bits per heavy atom. The minimum atomic E-state index is -0.278. The van der Waals surface area contributed by atoms with Gasteiger partial charge in [0.2, 0.25) is 5.91 Å². The SMILES string of the molecule is O=C(CSc1c2c(nc3cc(Cl)ccc13)CCCC2)NCc1ccc(F)cc1. The molecule has 1 amide bonds. The Bertz CT molecular complexity index is 1020. The molecule has 1 heterocycles. The van der Waals surface area contributed by atoms with Gasteiger partial charge in [-0.15, -0.1) is 11.8 Å². The van der Waals surface area contributed by atoms with Gasteiger partial charge in [-0.25, -0.2) is 4.39 Å². The van der Waals surface area contributed by atoms with E-state index in [0.717, 1.165) is 52.7 Å². The zero-order valence-corrected chi connectivity index (χ0v) is 16.9. The van der Waals surface area contributed by atoms with Crippen molar-refractivity contribution in [3.63, 3.8) is 0 Å². The van der Waals surface area contributed by atoms with E-state index in [1.807, 2.05) is 18.2 Å². The minimum Gasteiger partial charge on any atom is -0.351 e. The van der Waals surface area contributed by atoms with Crippen molar-refractivity contribution in [1.29, 1.82) is 0 Å². The summed E-state index contributed by atoms with van der Waals surface area (Å²) in [7, 11) is 0. The van der Waals surface area contributed by atoms with Crippen LogP contribution in [0.3, 0.4) is 0 Å². The lowest BCUT2D eigenvalue weighted by atomic mass is 9.94. The molecule has 0 saturated heterocycles. The summed E-state index contributed by atoms with van der Waals surface area (Å²) in [5.41, 5.74) is 4.18. The number of carbonyl (C=O) groups is 1. The van der Waals surface area contributed by atoms with Gasteiger partial charge in [0.1, 0.15) is 5.82 Å². The van der Waals surface area contributed by atoms with E-state index in [-0.39, 0.29) is 11.7 Å². The molecule has 28 heavy (non-hydrogen) atoms. The van der Waals surface area contributed by atoms with Crippen LogP contribution >= 0.6 is 23.4 Å². The van der Waals surface area contributed by atoms with Crippen LogP contribution in [0.25, 0.3) is 10.9 Å². The fraction of sp³-hybridized carbons (Fsp3) is 0.273. The Hall–Kier alpha value is -2.11. The topological polar surface area (TPSA) is 42.0 Å². The number of thioether (sulfide) groups is 1. The van der Waals surface area contributed by atoms with E-state index in [2.05, 4.69) is 5.32 Å². The molecule has 2 aromatic carbocycles. The third-order valence-corrected chi connectivity index (χ3v) is 6.32. The van der Waals surface area contributed by atoms with Crippen LogP contribution in [-0.4, -0.2) is 16.6 Å². The molecule has 4 rings (SSSR count). The number of pyridine rings is 1. The van der Waals surface area contributed by atoms with Gasteiger partial charge in [-0.2, -0.15) is 0 Å². The molecule has 0 aliphatic heterocycles. The van der Waals surface area contributed by atoms with Crippen molar-refractivity contribution < 1.29 is 9.18 Å². The second-order valence-corrected chi connectivity index (χ2v) is 8.35. The fourth-order valence-corrected chi connectivity index (χ4v) is 4.78. The van der Waals surface area contributed by atoms with Crippen molar-refractivity contribution in [2.45, 2.75) is 37.1 Å². The highest BCUT2D eigenvalue weighted by molar-refractivity contribution is 8.00. The number of fused-ring (bicyclic) bond motifs is 2. The summed E-state index contributed by atoms with van der Waals surface area (Å²) in [6.45, 7) is 0.393. The second kappa shape index (κ2) is 8.50. The van der Waals surface area contributed by atoms with Gasteiger partial charge in [0.25, 0.3) is 0 Å². The van der Waals surface area contributed by atoms with Crippen molar-refractivity contribution in [2.24, 2.45) is 0 Å². The maximum absolute atomic E-state index is 13.0. The average molecular weight is 415 g/mol. The van der Waals surface area contributed by atoms with Crippen LogP contribution in [0.5, 0.6) is 0 Å². The predicted molar refractivity (Wildman–Crippen MR) is 112 cm³/mol. The van der Waals surface area contributed by atoms with E-state index in [1.165, 1.54) is 17.7 Å². The second-order valence-electron chi connectivity index (χ2n) is 6.93. The summed E-state index contributed by atoms with van der Waals surface area (Å²) < 4.78 is 13.0. The van der Waals surface area contributed by atoms with E-state index < -0.39 is 0 Å². The molecule has 1 aromatic heterocycles. The van der Waals surface area contributed by atoms with Crippen molar-refractivity contribution in [2.75, 3.05) is 5.75 Å². The van der Waals surface area contributed by atoms with Crippen molar-refractivity contribution >= 4 is 40.2 Å². The van der Waals surface area contributed by atoms with Crippen LogP contribution in [-0.2, 0) is 24.2 Å². The molecule has 6 heteroatoms. The molecule has 1 N–H and O–H groups in total. The number of hydrogen-bond donors (Lipinski definition) is 1. The summed E-state index contributed by atoms with van der Waals surface area (Å²) >= 11 is 7.72. The molecule has 0 bridgehead atoms. The van der Waals surface area contributed by atoms with Gasteiger partial charge in [0.15, 0.2) is 0 Å². The zero-order valence-electron chi connectivity index (χ0n) is 15.3. The quantitative estimate of drug-likeness (QED) is 0.575. The molecule has 0 radical (unpaired) electrons. The van der Waals surface area contributed by atoms with Crippen LogP contribution in [0.4, 0.5) is 4.39 Å². The first-order valence-electron chi connectivity index (χ1n) is 9.35. The van der Waals surface area contributed by atoms with Gasteiger partial charge in [-0.3, -0.25) is 9.78 Å². The van der Waals surface area contributed by atoms with Crippen LogP contribution in [0, 0.1) is 5.82 Å². The molecule has 144 valence electrons. The molecule has 0 fully saturated rings. The molecular weight excluding hydrogens is 395 g/mol. The van der Waals surface area contributed by atoms with Crippen LogP contribution in [0.2, 0.25) is 5.02 Å². The maximum atomic E-state index is 13.0. The molecule has 0 unspecified atom stereocenters. The highest BCUT2D eigenvalue weighted by Crippen LogP contribution is 2.36. The number of benzene rings is 2. The summed E-state index contributed by atoms with van der Waals surface area (Å²) in [6, 6.07) is 11.9. The van der Waals surface area contributed by atoms with E-state index in [0.29, 0.717) is 17.3 Å². The third kappa shape index (κ3) is 4.31. The number of amides is 1. The average Bonchev–Trinajstić information content (AvgIpc) is 2.70. The van der Waals surface area contributed by atoms with E-state index >= 15 is 0 Å². The largest absolute Gasteiger partial charge is 0.351 e. The van der Waals surface area contributed by atoms with Gasteiger partial charge < -0.3 is 5.32 Å². The molecule has 3 nitrogen and oxygen atoms in total. The highest BCUT2D eigenvalue weighted by atomic mass is 35.5. The molecule has 0 atom stereocenters. The van der Waals surface area contributed by atoms with Gasteiger partial charge in [-0.1, -0.05) is 29.8 Å². The first-order chi connectivity index (χ1) is 13.6. The van der Waals surface area contributed by atoms with Crippen LogP contribution < -0.4 is 5.32 Å². The Morgan fingerprint density at radius 3 is 2.75 bits per heavy atom. The Labute approximate surface area is 172 Å². The standard InChI is InChI=1S/C22H20ClFN2OS/c23-15-7-10-18-20(11-15)26-19-4-2-1-3-17(19)22(18)28-13-21(27)25-12-14-5-8-16(24)9-6-14/h5-11H,1-4,12-13H2,(H,25,27). The Morgan fingerprint density at radius 2 is 1.93 bits per heavy atom. The normalized spacial score (nSPS) is 13.4. The van der Waals surface area contributed by atoms with E-state index in [4.69, 9.17) is 16.6 Å². The lowest BCUT2D eigenvalue weighted by molar-refractivity contribution is -0.118. The van der Waals surface area contributed by atoms with E-state index in [9.17, 15) is 9.18 Å². The molecule has 0 saturated carbocycles. The summed E-state index contributed by atoms with van der Waals surface area (Å²) in [4.78, 5) is 18.3. The number of nitrogens with zero attached hydrogens (tertiary/aromatic N) is 1. The predicted octanol–water partition coefficient (Wildman–Crippen LogP) is 5.31.